The van der Waals surface area contributed by atoms with Crippen molar-refractivity contribution in [2.75, 3.05) is 20.3 Å². The highest BCUT2D eigenvalue weighted by Crippen LogP contribution is 2.26. The SMILES string of the molecule is COCCn1nnnc1C(NCCCn1ccnc1)c1cc(C)c(C)cc1C. The molecule has 3 aromatic rings. The van der Waals surface area contributed by atoms with Gasteiger partial charge in [-0.05, 0) is 66.4 Å². The van der Waals surface area contributed by atoms with Crippen LogP contribution in [-0.4, -0.2) is 50.0 Å². The van der Waals surface area contributed by atoms with Crippen LogP contribution in [0.3, 0.4) is 0 Å². The second-order valence-electron chi connectivity index (χ2n) is 7.09. The molecule has 2 aromatic heterocycles. The Morgan fingerprint density at radius 2 is 1.93 bits per heavy atom. The van der Waals surface area contributed by atoms with Gasteiger partial charge in [-0.25, -0.2) is 9.67 Å². The van der Waals surface area contributed by atoms with Gasteiger partial charge in [0.05, 0.1) is 25.5 Å². The first kappa shape index (κ1) is 20.2. The van der Waals surface area contributed by atoms with Gasteiger partial charge in [-0.15, -0.1) is 5.10 Å². The first-order valence-corrected chi connectivity index (χ1v) is 9.62. The molecule has 1 aromatic carbocycles. The van der Waals surface area contributed by atoms with Gasteiger partial charge < -0.3 is 14.6 Å². The molecule has 0 spiro atoms. The standard InChI is InChI=1S/C20H29N7O/c1-15-12-17(3)18(13-16(15)2)19(20-23-24-25-27(20)10-11-28-4)22-6-5-8-26-9-7-21-14-26/h7,9,12-14,19,22H,5-6,8,10-11H2,1-4H3. The molecule has 0 amide bonds. The van der Waals surface area contributed by atoms with E-state index in [0.29, 0.717) is 13.2 Å². The van der Waals surface area contributed by atoms with Gasteiger partial charge in [0.15, 0.2) is 5.82 Å². The molecule has 0 aliphatic rings. The lowest BCUT2D eigenvalue weighted by Crippen LogP contribution is -2.28. The summed E-state index contributed by atoms with van der Waals surface area (Å²) in [6, 6.07) is 4.40. The fraction of sp³-hybridized carbons (Fsp3) is 0.500. The van der Waals surface area contributed by atoms with Crippen LogP contribution >= 0.6 is 0 Å². The molecule has 0 bridgehead atoms. The van der Waals surface area contributed by atoms with Gasteiger partial charge in [0.2, 0.25) is 0 Å². The maximum absolute atomic E-state index is 5.21. The third-order valence-corrected chi connectivity index (χ3v) is 5.02. The average molecular weight is 384 g/mol. The first-order valence-electron chi connectivity index (χ1n) is 9.62. The van der Waals surface area contributed by atoms with Crippen LogP contribution in [0.4, 0.5) is 0 Å². The van der Waals surface area contributed by atoms with Crippen LogP contribution in [0.15, 0.2) is 30.9 Å². The van der Waals surface area contributed by atoms with Gasteiger partial charge in [-0.3, -0.25) is 0 Å². The monoisotopic (exact) mass is 383 g/mol. The topological polar surface area (TPSA) is 82.7 Å². The molecule has 28 heavy (non-hydrogen) atoms. The Kier molecular flexibility index (Phi) is 6.89. The number of hydrogen-bond acceptors (Lipinski definition) is 6. The number of rotatable bonds is 10. The van der Waals surface area contributed by atoms with Gasteiger partial charge in [0, 0.05) is 26.0 Å². The molecular weight excluding hydrogens is 354 g/mol. The summed E-state index contributed by atoms with van der Waals surface area (Å²) in [5.41, 5.74) is 5.00. The number of hydrogen-bond donors (Lipinski definition) is 1. The minimum atomic E-state index is -0.0751. The summed E-state index contributed by atoms with van der Waals surface area (Å²) >= 11 is 0. The van der Waals surface area contributed by atoms with Crippen LogP contribution in [-0.2, 0) is 17.8 Å². The Labute approximate surface area is 165 Å². The van der Waals surface area contributed by atoms with E-state index >= 15 is 0 Å². The Morgan fingerprint density at radius 1 is 1.11 bits per heavy atom. The van der Waals surface area contributed by atoms with Crippen molar-refractivity contribution >= 4 is 0 Å². The zero-order valence-corrected chi connectivity index (χ0v) is 17.1. The number of ether oxygens (including phenoxy) is 1. The molecule has 3 rings (SSSR count). The van der Waals surface area contributed by atoms with Crippen LogP contribution in [0.2, 0.25) is 0 Å². The summed E-state index contributed by atoms with van der Waals surface area (Å²) in [6.07, 6.45) is 6.61. The number of tetrazole rings is 1. The van der Waals surface area contributed by atoms with Crippen molar-refractivity contribution in [3.05, 3.63) is 58.9 Å². The lowest BCUT2D eigenvalue weighted by molar-refractivity contribution is 0.181. The molecule has 0 fully saturated rings. The third kappa shape index (κ3) is 4.82. The molecule has 1 atom stereocenters. The van der Waals surface area contributed by atoms with Gasteiger partial charge in [-0.1, -0.05) is 12.1 Å². The summed E-state index contributed by atoms with van der Waals surface area (Å²) in [6.45, 7) is 9.37. The minimum Gasteiger partial charge on any atom is -0.383 e. The summed E-state index contributed by atoms with van der Waals surface area (Å²) < 4.78 is 9.12. The van der Waals surface area contributed by atoms with E-state index in [-0.39, 0.29) is 6.04 Å². The van der Waals surface area contributed by atoms with E-state index in [1.165, 1.54) is 22.3 Å². The third-order valence-electron chi connectivity index (χ3n) is 5.02. The highest BCUT2D eigenvalue weighted by molar-refractivity contribution is 5.40. The molecule has 8 nitrogen and oxygen atoms in total. The van der Waals surface area contributed by atoms with Gasteiger partial charge in [0.1, 0.15) is 0 Å². The van der Waals surface area contributed by atoms with Crippen molar-refractivity contribution in [2.45, 2.75) is 46.3 Å². The zero-order chi connectivity index (χ0) is 19.9. The summed E-state index contributed by atoms with van der Waals surface area (Å²) in [4.78, 5) is 4.09. The minimum absolute atomic E-state index is 0.0751. The van der Waals surface area contributed by atoms with E-state index in [4.69, 9.17) is 4.74 Å². The largest absolute Gasteiger partial charge is 0.383 e. The Morgan fingerprint density at radius 3 is 2.68 bits per heavy atom. The molecule has 0 radical (unpaired) electrons. The zero-order valence-electron chi connectivity index (χ0n) is 17.1. The van der Waals surface area contributed by atoms with Gasteiger partial charge in [0.25, 0.3) is 0 Å². The number of nitrogens with one attached hydrogen (secondary N) is 1. The summed E-state index contributed by atoms with van der Waals surface area (Å²) in [5, 5.41) is 16.1. The molecule has 8 heteroatoms. The fourth-order valence-electron chi connectivity index (χ4n) is 3.32. The Hall–Kier alpha value is -2.58. The quantitative estimate of drug-likeness (QED) is 0.541. The first-order chi connectivity index (χ1) is 13.6. The average Bonchev–Trinajstić information content (AvgIpc) is 3.35. The Balaban J connectivity index is 1.82. The number of benzene rings is 1. The summed E-state index contributed by atoms with van der Waals surface area (Å²) in [7, 11) is 1.68. The maximum Gasteiger partial charge on any atom is 0.172 e. The van der Waals surface area contributed by atoms with Crippen LogP contribution in [0.1, 0.15) is 40.5 Å². The van der Waals surface area contributed by atoms with Crippen LogP contribution < -0.4 is 5.32 Å². The predicted molar refractivity (Wildman–Crippen MR) is 107 cm³/mol. The molecule has 150 valence electrons. The van der Waals surface area contributed by atoms with Crippen LogP contribution in [0.25, 0.3) is 0 Å². The van der Waals surface area contributed by atoms with Crippen molar-refractivity contribution in [1.29, 1.82) is 0 Å². The Bertz CT molecular complexity index is 873. The van der Waals surface area contributed by atoms with E-state index in [2.05, 4.69) is 63.3 Å². The molecule has 1 N–H and O–H groups in total. The normalized spacial score (nSPS) is 12.4. The van der Waals surface area contributed by atoms with E-state index in [9.17, 15) is 0 Å². The summed E-state index contributed by atoms with van der Waals surface area (Å²) in [5.74, 6) is 0.811. The van der Waals surface area contributed by atoms with Crippen molar-refractivity contribution in [3.8, 4) is 0 Å². The molecular formula is C20H29N7O. The smallest absolute Gasteiger partial charge is 0.172 e. The highest BCUT2D eigenvalue weighted by Gasteiger charge is 2.23. The van der Waals surface area contributed by atoms with E-state index in [1.54, 1.807) is 13.3 Å². The fourth-order valence-corrected chi connectivity index (χ4v) is 3.32. The lowest BCUT2D eigenvalue weighted by atomic mass is 9.95. The van der Waals surface area contributed by atoms with Gasteiger partial charge in [-0.2, -0.15) is 0 Å². The van der Waals surface area contributed by atoms with Crippen molar-refractivity contribution in [2.24, 2.45) is 0 Å². The number of nitrogens with zero attached hydrogens (tertiary/aromatic N) is 6. The molecule has 1 unspecified atom stereocenters. The van der Waals surface area contributed by atoms with E-state index < -0.39 is 0 Å². The number of imidazole rings is 1. The second-order valence-corrected chi connectivity index (χ2v) is 7.09. The molecule has 2 heterocycles. The van der Waals surface area contributed by atoms with Crippen molar-refractivity contribution < 1.29 is 4.74 Å². The molecule has 0 saturated heterocycles. The van der Waals surface area contributed by atoms with Crippen molar-refractivity contribution in [1.82, 2.24) is 35.1 Å². The molecule has 0 saturated carbocycles. The van der Waals surface area contributed by atoms with E-state index in [0.717, 1.165) is 25.3 Å². The molecule has 0 aliphatic carbocycles. The second kappa shape index (κ2) is 9.57. The molecule has 0 aliphatic heterocycles. The lowest BCUT2D eigenvalue weighted by Gasteiger charge is -2.22. The predicted octanol–water partition coefficient (Wildman–Crippen LogP) is 2.21. The van der Waals surface area contributed by atoms with Crippen LogP contribution in [0, 0.1) is 20.8 Å². The number of aryl methyl sites for hydroxylation is 4. The maximum atomic E-state index is 5.21. The number of methoxy groups -OCH3 is 1. The van der Waals surface area contributed by atoms with Crippen LogP contribution in [0.5, 0.6) is 0 Å². The van der Waals surface area contributed by atoms with E-state index in [1.807, 2.05) is 17.2 Å². The highest BCUT2D eigenvalue weighted by atomic mass is 16.5. The van der Waals surface area contributed by atoms with Crippen molar-refractivity contribution in [3.63, 3.8) is 0 Å². The van der Waals surface area contributed by atoms with Gasteiger partial charge >= 0.3 is 0 Å². The number of aromatic nitrogens is 6.